The Hall–Kier alpha value is -1.13. The summed E-state index contributed by atoms with van der Waals surface area (Å²) in [7, 11) is 5.90. The molecule has 0 amide bonds. The molecule has 0 atom stereocenters. The molecular weight excluding hydrogens is 238 g/mol. The maximum absolute atomic E-state index is 5.26. The summed E-state index contributed by atoms with van der Waals surface area (Å²) >= 11 is 0. The first-order valence-electron chi connectivity index (χ1n) is 6.69. The largest absolute Gasteiger partial charge is 0.497 e. The fraction of sp³-hybridized carbons (Fsp3) is 0.667. The van der Waals surface area contributed by atoms with E-state index in [1.165, 1.54) is 0 Å². The van der Waals surface area contributed by atoms with Crippen molar-refractivity contribution in [3.05, 3.63) is 23.5 Å². The third-order valence-electron chi connectivity index (χ3n) is 2.87. The predicted molar refractivity (Wildman–Crippen MR) is 79.6 cm³/mol. The number of hydrogen-bond donors (Lipinski definition) is 1. The minimum Gasteiger partial charge on any atom is -0.497 e. The van der Waals surface area contributed by atoms with Crippen molar-refractivity contribution in [2.75, 3.05) is 34.3 Å². The van der Waals surface area contributed by atoms with Crippen LogP contribution in [-0.4, -0.2) is 44.2 Å². The molecule has 1 aromatic heterocycles. The highest BCUT2D eigenvalue weighted by molar-refractivity contribution is 5.26. The monoisotopic (exact) mass is 265 g/mol. The number of methoxy groups -OCH3 is 1. The van der Waals surface area contributed by atoms with Crippen LogP contribution in [0.1, 0.15) is 25.2 Å². The molecule has 0 bridgehead atoms. The van der Waals surface area contributed by atoms with Crippen LogP contribution in [0, 0.1) is 12.3 Å². The molecule has 0 unspecified atom stereocenters. The van der Waals surface area contributed by atoms with Crippen LogP contribution in [0.3, 0.4) is 0 Å². The van der Waals surface area contributed by atoms with Crippen molar-refractivity contribution in [1.82, 2.24) is 15.2 Å². The van der Waals surface area contributed by atoms with Gasteiger partial charge < -0.3 is 15.0 Å². The van der Waals surface area contributed by atoms with Crippen LogP contribution in [0.15, 0.2) is 12.1 Å². The molecule has 108 valence electrons. The van der Waals surface area contributed by atoms with E-state index in [0.29, 0.717) is 0 Å². The van der Waals surface area contributed by atoms with Gasteiger partial charge in [-0.1, -0.05) is 13.8 Å². The maximum atomic E-state index is 5.26. The number of aryl methyl sites for hydroxylation is 1. The lowest BCUT2D eigenvalue weighted by Gasteiger charge is -2.28. The van der Waals surface area contributed by atoms with Crippen molar-refractivity contribution in [3.63, 3.8) is 0 Å². The SMILES string of the molecule is COc1cc(C)nc(CNCC(C)(C)CN(C)C)c1. The van der Waals surface area contributed by atoms with Gasteiger partial charge in [0.15, 0.2) is 0 Å². The van der Waals surface area contributed by atoms with Gasteiger partial charge in [0, 0.05) is 37.5 Å². The van der Waals surface area contributed by atoms with Crippen molar-refractivity contribution < 1.29 is 4.74 Å². The minimum atomic E-state index is 0.247. The number of nitrogens with one attached hydrogen (secondary N) is 1. The van der Waals surface area contributed by atoms with Crippen LogP contribution < -0.4 is 10.1 Å². The van der Waals surface area contributed by atoms with Gasteiger partial charge in [0.25, 0.3) is 0 Å². The Balaban J connectivity index is 2.51. The Morgan fingerprint density at radius 1 is 1.32 bits per heavy atom. The third kappa shape index (κ3) is 6.03. The highest BCUT2D eigenvalue weighted by Gasteiger charge is 2.18. The van der Waals surface area contributed by atoms with E-state index in [2.05, 4.69) is 43.1 Å². The lowest BCUT2D eigenvalue weighted by atomic mass is 9.93. The normalized spacial score (nSPS) is 11.9. The average Bonchev–Trinajstić information content (AvgIpc) is 2.26. The molecule has 4 nitrogen and oxygen atoms in total. The van der Waals surface area contributed by atoms with Crippen molar-refractivity contribution in [2.24, 2.45) is 5.41 Å². The van der Waals surface area contributed by atoms with Gasteiger partial charge >= 0.3 is 0 Å². The van der Waals surface area contributed by atoms with E-state index in [1.807, 2.05) is 19.1 Å². The van der Waals surface area contributed by atoms with Gasteiger partial charge in [-0.2, -0.15) is 0 Å². The second kappa shape index (κ2) is 6.87. The molecule has 0 saturated heterocycles. The summed E-state index contributed by atoms with van der Waals surface area (Å²) in [6, 6.07) is 3.93. The van der Waals surface area contributed by atoms with Gasteiger partial charge in [-0.15, -0.1) is 0 Å². The van der Waals surface area contributed by atoms with Crippen LogP contribution in [0.2, 0.25) is 0 Å². The van der Waals surface area contributed by atoms with Crippen LogP contribution in [-0.2, 0) is 6.54 Å². The van der Waals surface area contributed by atoms with Crippen molar-refractivity contribution >= 4 is 0 Å². The van der Waals surface area contributed by atoms with Crippen LogP contribution >= 0.6 is 0 Å². The quantitative estimate of drug-likeness (QED) is 0.819. The molecule has 0 saturated carbocycles. The van der Waals surface area contributed by atoms with Crippen LogP contribution in [0.25, 0.3) is 0 Å². The summed E-state index contributed by atoms with van der Waals surface area (Å²) in [6.45, 7) is 9.32. The Bertz CT molecular complexity index is 402. The molecule has 0 radical (unpaired) electrons. The molecule has 1 heterocycles. The molecule has 1 rings (SSSR count). The molecule has 1 aromatic rings. The van der Waals surface area contributed by atoms with E-state index in [-0.39, 0.29) is 5.41 Å². The number of ether oxygens (including phenoxy) is 1. The topological polar surface area (TPSA) is 37.4 Å². The van der Waals surface area contributed by atoms with Crippen molar-refractivity contribution in [2.45, 2.75) is 27.3 Å². The summed E-state index contributed by atoms with van der Waals surface area (Å²) < 4.78 is 5.26. The second-order valence-electron chi connectivity index (χ2n) is 6.15. The predicted octanol–water partition coefficient (Wildman–Crippen LogP) is 2.08. The smallest absolute Gasteiger partial charge is 0.122 e. The first kappa shape index (κ1) is 15.9. The number of pyridine rings is 1. The molecule has 0 fully saturated rings. The minimum absolute atomic E-state index is 0.247. The third-order valence-corrected chi connectivity index (χ3v) is 2.87. The Morgan fingerprint density at radius 2 is 2.00 bits per heavy atom. The van der Waals surface area contributed by atoms with E-state index in [9.17, 15) is 0 Å². The number of nitrogens with zero attached hydrogens (tertiary/aromatic N) is 2. The van der Waals surface area contributed by atoms with E-state index >= 15 is 0 Å². The van der Waals surface area contributed by atoms with Gasteiger partial charge in [0.2, 0.25) is 0 Å². The van der Waals surface area contributed by atoms with E-state index in [1.54, 1.807) is 7.11 Å². The molecule has 19 heavy (non-hydrogen) atoms. The van der Waals surface area contributed by atoms with E-state index in [4.69, 9.17) is 4.74 Å². The summed E-state index contributed by atoms with van der Waals surface area (Å²) in [4.78, 5) is 6.73. The van der Waals surface area contributed by atoms with E-state index in [0.717, 1.165) is 36.8 Å². The fourth-order valence-corrected chi connectivity index (χ4v) is 2.35. The average molecular weight is 265 g/mol. The van der Waals surface area contributed by atoms with E-state index < -0.39 is 0 Å². The Labute approximate surface area is 117 Å². The summed E-state index contributed by atoms with van der Waals surface area (Å²) in [5.41, 5.74) is 2.26. The van der Waals surface area contributed by atoms with Crippen molar-refractivity contribution in [1.29, 1.82) is 0 Å². The highest BCUT2D eigenvalue weighted by atomic mass is 16.5. The summed E-state index contributed by atoms with van der Waals surface area (Å²) in [5, 5.41) is 3.48. The highest BCUT2D eigenvalue weighted by Crippen LogP contribution is 2.16. The molecule has 0 aliphatic carbocycles. The van der Waals surface area contributed by atoms with Crippen LogP contribution in [0.5, 0.6) is 5.75 Å². The number of hydrogen-bond acceptors (Lipinski definition) is 4. The number of rotatable bonds is 7. The lowest BCUT2D eigenvalue weighted by molar-refractivity contribution is 0.232. The zero-order valence-electron chi connectivity index (χ0n) is 13.1. The second-order valence-corrected chi connectivity index (χ2v) is 6.15. The molecule has 0 aromatic carbocycles. The van der Waals surface area contributed by atoms with Gasteiger partial charge in [0.1, 0.15) is 5.75 Å². The summed E-state index contributed by atoms with van der Waals surface area (Å²) in [6.07, 6.45) is 0. The molecule has 1 N–H and O–H groups in total. The molecule has 0 spiro atoms. The van der Waals surface area contributed by atoms with Crippen molar-refractivity contribution in [3.8, 4) is 5.75 Å². The van der Waals surface area contributed by atoms with Gasteiger partial charge in [-0.05, 0) is 26.4 Å². The number of aromatic nitrogens is 1. The standard InChI is InChI=1S/C15H27N3O/c1-12-7-14(19-6)8-13(17-12)9-16-10-15(2,3)11-18(4)5/h7-8,16H,9-11H2,1-6H3. The fourth-order valence-electron chi connectivity index (χ4n) is 2.35. The molecular formula is C15H27N3O. The Morgan fingerprint density at radius 3 is 2.58 bits per heavy atom. The zero-order chi connectivity index (χ0) is 14.5. The molecule has 0 aliphatic rings. The Kier molecular flexibility index (Phi) is 5.76. The molecule has 4 heteroatoms. The molecule has 0 aliphatic heterocycles. The van der Waals surface area contributed by atoms with Gasteiger partial charge in [0.05, 0.1) is 12.8 Å². The lowest BCUT2D eigenvalue weighted by Crippen LogP contribution is -2.37. The summed E-state index contributed by atoms with van der Waals surface area (Å²) in [5.74, 6) is 0.872. The zero-order valence-corrected chi connectivity index (χ0v) is 13.1. The van der Waals surface area contributed by atoms with Gasteiger partial charge in [-0.3, -0.25) is 4.98 Å². The van der Waals surface area contributed by atoms with Crippen LogP contribution in [0.4, 0.5) is 0 Å². The first-order valence-corrected chi connectivity index (χ1v) is 6.69. The van der Waals surface area contributed by atoms with Gasteiger partial charge in [-0.25, -0.2) is 0 Å². The first-order chi connectivity index (χ1) is 8.82. The maximum Gasteiger partial charge on any atom is 0.122 e.